The number of hydrogen-bond donors (Lipinski definition) is 1. The van der Waals surface area contributed by atoms with E-state index in [0.717, 1.165) is 31.8 Å². The maximum atomic E-state index is 11.6. The van der Waals surface area contributed by atoms with Gasteiger partial charge in [-0.05, 0) is 33.7 Å². The maximum absolute atomic E-state index is 11.6. The van der Waals surface area contributed by atoms with Gasteiger partial charge in [0, 0.05) is 31.5 Å². The quantitative estimate of drug-likeness (QED) is 0.701. The third-order valence-electron chi connectivity index (χ3n) is 2.49. The fourth-order valence-corrected chi connectivity index (χ4v) is 1.53. The van der Waals surface area contributed by atoms with Gasteiger partial charge in [-0.25, -0.2) is 4.98 Å². The first-order valence-corrected chi connectivity index (χ1v) is 6.45. The van der Waals surface area contributed by atoms with Gasteiger partial charge in [-0.15, -0.1) is 0 Å². The Bertz CT molecular complexity index is 401. The van der Waals surface area contributed by atoms with Crippen molar-refractivity contribution in [3.05, 3.63) is 28.4 Å². The minimum atomic E-state index is 0.00689. The highest BCUT2D eigenvalue weighted by molar-refractivity contribution is 4.95. The summed E-state index contributed by atoms with van der Waals surface area (Å²) in [6.45, 7) is 8.98. The fourth-order valence-electron chi connectivity index (χ4n) is 1.53. The summed E-state index contributed by atoms with van der Waals surface area (Å²) in [5, 5.41) is 3.28. The Labute approximate surface area is 108 Å². The van der Waals surface area contributed by atoms with Gasteiger partial charge in [0.15, 0.2) is 0 Å². The SMILES string of the molecule is Cc1cc(=O)n(CCNCCCOC(C)C)cn1. The average Bonchev–Trinajstić information content (AvgIpc) is 2.30. The Balaban J connectivity index is 2.13. The van der Waals surface area contributed by atoms with Crippen molar-refractivity contribution in [2.24, 2.45) is 0 Å². The molecule has 1 aromatic rings. The van der Waals surface area contributed by atoms with Crippen LogP contribution in [0.5, 0.6) is 0 Å². The molecular weight excluding hydrogens is 230 g/mol. The van der Waals surface area contributed by atoms with Crippen molar-refractivity contribution in [1.29, 1.82) is 0 Å². The molecule has 0 aliphatic rings. The highest BCUT2D eigenvalue weighted by Gasteiger charge is 1.97. The summed E-state index contributed by atoms with van der Waals surface area (Å²) >= 11 is 0. The molecular formula is C13H23N3O2. The Morgan fingerprint density at radius 1 is 1.44 bits per heavy atom. The minimum Gasteiger partial charge on any atom is -0.379 e. The predicted molar refractivity (Wildman–Crippen MR) is 71.8 cm³/mol. The number of aryl methyl sites for hydroxylation is 1. The van der Waals surface area contributed by atoms with E-state index in [9.17, 15) is 4.79 Å². The van der Waals surface area contributed by atoms with Gasteiger partial charge in [0.05, 0.1) is 12.4 Å². The van der Waals surface area contributed by atoms with Crippen LogP contribution in [-0.2, 0) is 11.3 Å². The van der Waals surface area contributed by atoms with Crippen molar-refractivity contribution in [1.82, 2.24) is 14.9 Å². The number of aromatic nitrogens is 2. The van der Waals surface area contributed by atoms with Crippen LogP contribution in [-0.4, -0.2) is 35.4 Å². The second-order valence-corrected chi connectivity index (χ2v) is 4.59. The topological polar surface area (TPSA) is 56.2 Å². The maximum Gasteiger partial charge on any atom is 0.253 e. The molecule has 1 heterocycles. The van der Waals surface area contributed by atoms with E-state index >= 15 is 0 Å². The molecule has 0 saturated carbocycles. The van der Waals surface area contributed by atoms with Crippen LogP contribution in [0.4, 0.5) is 0 Å². The van der Waals surface area contributed by atoms with Gasteiger partial charge in [0.1, 0.15) is 0 Å². The van der Waals surface area contributed by atoms with Gasteiger partial charge in [0.2, 0.25) is 0 Å². The summed E-state index contributed by atoms with van der Waals surface area (Å²) in [6, 6.07) is 1.55. The van der Waals surface area contributed by atoms with Crippen LogP contribution in [0.3, 0.4) is 0 Å². The number of nitrogens with one attached hydrogen (secondary N) is 1. The zero-order valence-electron chi connectivity index (χ0n) is 11.5. The molecule has 18 heavy (non-hydrogen) atoms. The summed E-state index contributed by atoms with van der Waals surface area (Å²) in [5.74, 6) is 0. The van der Waals surface area contributed by atoms with E-state index in [4.69, 9.17) is 4.74 Å². The minimum absolute atomic E-state index is 0.00689. The van der Waals surface area contributed by atoms with Crippen molar-refractivity contribution in [3.8, 4) is 0 Å². The zero-order chi connectivity index (χ0) is 13.4. The highest BCUT2D eigenvalue weighted by Crippen LogP contribution is 1.89. The molecule has 1 N–H and O–H groups in total. The van der Waals surface area contributed by atoms with Gasteiger partial charge < -0.3 is 10.1 Å². The van der Waals surface area contributed by atoms with E-state index in [1.54, 1.807) is 17.0 Å². The molecule has 0 saturated heterocycles. The zero-order valence-corrected chi connectivity index (χ0v) is 11.5. The Morgan fingerprint density at radius 2 is 2.22 bits per heavy atom. The molecule has 0 atom stereocenters. The van der Waals surface area contributed by atoms with Gasteiger partial charge in [0.25, 0.3) is 5.56 Å². The molecule has 0 aliphatic carbocycles. The van der Waals surface area contributed by atoms with Crippen molar-refractivity contribution < 1.29 is 4.74 Å². The van der Waals surface area contributed by atoms with E-state index in [1.165, 1.54) is 0 Å². The fraction of sp³-hybridized carbons (Fsp3) is 0.692. The lowest BCUT2D eigenvalue weighted by molar-refractivity contribution is 0.0771. The number of ether oxygens (including phenoxy) is 1. The van der Waals surface area contributed by atoms with Crippen LogP contribution in [0, 0.1) is 6.92 Å². The standard InChI is InChI=1S/C13H23N3O2/c1-11(2)18-8-4-5-14-6-7-16-10-15-12(3)9-13(16)17/h9-11,14H,4-8H2,1-3H3. The van der Waals surface area contributed by atoms with Crippen LogP contribution in [0.2, 0.25) is 0 Å². The van der Waals surface area contributed by atoms with Gasteiger partial charge in [-0.3, -0.25) is 9.36 Å². The second-order valence-electron chi connectivity index (χ2n) is 4.59. The van der Waals surface area contributed by atoms with E-state index in [-0.39, 0.29) is 5.56 Å². The van der Waals surface area contributed by atoms with Crippen LogP contribution >= 0.6 is 0 Å². The molecule has 0 amide bonds. The first-order valence-electron chi connectivity index (χ1n) is 6.45. The number of rotatable bonds is 8. The Morgan fingerprint density at radius 3 is 2.89 bits per heavy atom. The van der Waals surface area contributed by atoms with E-state index < -0.39 is 0 Å². The van der Waals surface area contributed by atoms with E-state index in [2.05, 4.69) is 10.3 Å². The molecule has 1 rings (SSSR count). The van der Waals surface area contributed by atoms with E-state index in [1.807, 2.05) is 20.8 Å². The normalized spacial score (nSPS) is 11.1. The van der Waals surface area contributed by atoms with Gasteiger partial charge in [-0.2, -0.15) is 0 Å². The first-order chi connectivity index (χ1) is 8.59. The van der Waals surface area contributed by atoms with Gasteiger partial charge >= 0.3 is 0 Å². The Hall–Kier alpha value is -1.20. The van der Waals surface area contributed by atoms with Gasteiger partial charge in [-0.1, -0.05) is 0 Å². The lowest BCUT2D eigenvalue weighted by Gasteiger charge is -2.09. The molecule has 1 aromatic heterocycles. The lowest BCUT2D eigenvalue weighted by Crippen LogP contribution is -2.28. The van der Waals surface area contributed by atoms with Crippen LogP contribution in [0.1, 0.15) is 26.0 Å². The molecule has 0 aromatic carbocycles. The summed E-state index contributed by atoms with van der Waals surface area (Å²) < 4.78 is 7.05. The molecule has 0 unspecified atom stereocenters. The molecule has 5 heteroatoms. The van der Waals surface area contributed by atoms with Crippen LogP contribution in [0.15, 0.2) is 17.2 Å². The number of nitrogens with zero attached hydrogens (tertiary/aromatic N) is 2. The van der Waals surface area contributed by atoms with Crippen molar-refractivity contribution in [2.75, 3.05) is 19.7 Å². The number of hydrogen-bond acceptors (Lipinski definition) is 4. The smallest absolute Gasteiger partial charge is 0.253 e. The molecule has 102 valence electrons. The first kappa shape index (κ1) is 14.9. The van der Waals surface area contributed by atoms with E-state index in [0.29, 0.717) is 12.6 Å². The molecule has 0 spiro atoms. The monoisotopic (exact) mass is 253 g/mol. The molecule has 0 bridgehead atoms. The lowest BCUT2D eigenvalue weighted by atomic mass is 10.4. The molecule has 0 aliphatic heterocycles. The average molecular weight is 253 g/mol. The summed E-state index contributed by atoms with van der Waals surface area (Å²) in [6.07, 6.45) is 2.88. The summed E-state index contributed by atoms with van der Waals surface area (Å²) in [7, 11) is 0. The van der Waals surface area contributed by atoms with Crippen LogP contribution < -0.4 is 10.9 Å². The van der Waals surface area contributed by atoms with Crippen molar-refractivity contribution in [2.45, 2.75) is 39.8 Å². The third-order valence-corrected chi connectivity index (χ3v) is 2.49. The van der Waals surface area contributed by atoms with Crippen molar-refractivity contribution >= 4 is 0 Å². The summed E-state index contributed by atoms with van der Waals surface area (Å²) in [4.78, 5) is 15.7. The van der Waals surface area contributed by atoms with Crippen LogP contribution in [0.25, 0.3) is 0 Å². The van der Waals surface area contributed by atoms with Crippen molar-refractivity contribution in [3.63, 3.8) is 0 Å². The molecule has 0 radical (unpaired) electrons. The molecule has 0 fully saturated rings. The highest BCUT2D eigenvalue weighted by atomic mass is 16.5. The third kappa shape index (κ3) is 5.93. The summed E-state index contributed by atoms with van der Waals surface area (Å²) in [5.41, 5.74) is 0.766. The second kappa shape index (κ2) is 8.00. The Kier molecular flexibility index (Phi) is 6.60. The predicted octanol–water partition coefficient (Wildman–Crippen LogP) is 0.956. The largest absolute Gasteiger partial charge is 0.379 e. The molecule has 5 nitrogen and oxygen atoms in total.